The van der Waals surface area contributed by atoms with Crippen molar-refractivity contribution in [1.82, 2.24) is 0 Å². The first-order valence-corrected chi connectivity index (χ1v) is 7.55. The van der Waals surface area contributed by atoms with E-state index in [4.69, 9.17) is 39.5 Å². The molecule has 2 rings (SSSR count). The monoisotopic (exact) mass is 333 g/mol. The predicted octanol–water partition coefficient (Wildman–Crippen LogP) is 4.77. The second kappa shape index (κ2) is 6.81. The van der Waals surface area contributed by atoms with Crippen LogP contribution in [-0.2, 0) is 0 Å². The largest absolute Gasteiger partial charge is 0.485 e. The molecule has 0 spiro atoms. The van der Waals surface area contributed by atoms with Crippen molar-refractivity contribution in [2.75, 3.05) is 19.7 Å². The first-order chi connectivity index (χ1) is 9.56. The zero-order valence-electron chi connectivity index (χ0n) is 11.2. The minimum atomic E-state index is 0.426. The summed E-state index contributed by atoms with van der Waals surface area (Å²) in [5.41, 5.74) is 0. The summed E-state index contributed by atoms with van der Waals surface area (Å²) in [5, 5.41) is 1.35. The molecular formula is C14H16Cl3N2O+. The molecule has 0 amide bonds. The van der Waals surface area contributed by atoms with E-state index in [1.807, 2.05) is 12.5 Å². The average molecular weight is 335 g/mol. The lowest BCUT2D eigenvalue weighted by Crippen LogP contribution is -2.43. The molecule has 0 N–H and O–H groups in total. The van der Waals surface area contributed by atoms with Gasteiger partial charge in [0.1, 0.15) is 19.4 Å². The Labute approximate surface area is 134 Å². The molecule has 0 saturated heterocycles. The summed E-state index contributed by atoms with van der Waals surface area (Å²) < 4.78 is 6.42. The van der Waals surface area contributed by atoms with Crippen LogP contribution in [0.2, 0.25) is 15.1 Å². The Hall–Kier alpha value is -0.740. The molecule has 108 valence electrons. The third-order valence-corrected chi connectivity index (χ3v) is 3.88. The van der Waals surface area contributed by atoms with Crippen LogP contribution in [0.15, 0.2) is 29.5 Å². The summed E-state index contributed by atoms with van der Waals surface area (Å²) >= 11 is 18.0. The number of rotatable bonds is 6. The summed E-state index contributed by atoms with van der Waals surface area (Å²) in [6.45, 7) is 4.42. The molecule has 0 radical (unpaired) electrons. The normalized spacial score (nSPS) is 20.6. The van der Waals surface area contributed by atoms with Gasteiger partial charge in [-0.3, -0.25) is 4.48 Å². The fourth-order valence-electron chi connectivity index (χ4n) is 2.16. The van der Waals surface area contributed by atoms with Crippen molar-refractivity contribution < 1.29 is 9.22 Å². The lowest BCUT2D eigenvalue weighted by Gasteiger charge is -2.27. The SMILES string of the molecule is CCC[N+]1(CCOc2c(Cl)cc(Cl)cc2Cl)C=CN=C1. The van der Waals surface area contributed by atoms with Gasteiger partial charge in [0.15, 0.2) is 12.1 Å². The zero-order valence-corrected chi connectivity index (χ0v) is 13.4. The van der Waals surface area contributed by atoms with Crippen LogP contribution >= 0.6 is 34.8 Å². The zero-order chi connectivity index (χ0) is 14.6. The maximum absolute atomic E-state index is 6.09. The summed E-state index contributed by atoms with van der Waals surface area (Å²) in [7, 11) is 0. The van der Waals surface area contributed by atoms with Crippen LogP contribution in [0.3, 0.4) is 0 Å². The topological polar surface area (TPSA) is 21.6 Å². The summed E-state index contributed by atoms with van der Waals surface area (Å²) in [5.74, 6) is 0.479. The van der Waals surface area contributed by atoms with Crippen LogP contribution in [0.4, 0.5) is 0 Å². The molecule has 1 unspecified atom stereocenters. The quantitative estimate of drug-likeness (QED) is 0.687. The van der Waals surface area contributed by atoms with Gasteiger partial charge in [-0.25, -0.2) is 4.99 Å². The fourth-order valence-corrected chi connectivity index (χ4v) is 3.08. The molecule has 0 aromatic heterocycles. The highest BCUT2D eigenvalue weighted by atomic mass is 35.5. The highest BCUT2D eigenvalue weighted by molar-refractivity contribution is 6.40. The van der Waals surface area contributed by atoms with E-state index in [-0.39, 0.29) is 0 Å². The number of quaternary nitrogens is 1. The van der Waals surface area contributed by atoms with E-state index in [2.05, 4.69) is 18.1 Å². The number of nitrogens with zero attached hydrogens (tertiary/aromatic N) is 2. The maximum atomic E-state index is 6.09. The Morgan fingerprint density at radius 2 is 1.85 bits per heavy atom. The molecule has 1 aromatic carbocycles. The van der Waals surface area contributed by atoms with Crippen molar-refractivity contribution in [3.8, 4) is 5.75 Å². The van der Waals surface area contributed by atoms with Crippen LogP contribution in [0.25, 0.3) is 0 Å². The van der Waals surface area contributed by atoms with E-state index in [9.17, 15) is 0 Å². The van der Waals surface area contributed by atoms with E-state index in [0.29, 0.717) is 31.9 Å². The molecule has 1 heterocycles. The first-order valence-electron chi connectivity index (χ1n) is 6.42. The van der Waals surface area contributed by atoms with Crippen molar-refractivity contribution in [3.63, 3.8) is 0 Å². The lowest BCUT2D eigenvalue weighted by molar-refractivity contribution is -0.779. The van der Waals surface area contributed by atoms with Gasteiger partial charge < -0.3 is 4.74 Å². The molecule has 1 aliphatic heterocycles. The van der Waals surface area contributed by atoms with Gasteiger partial charge in [0, 0.05) is 5.02 Å². The van der Waals surface area contributed by atoms with Crippen LogP contribution in [-0.4, -0.2) is 30.5 Å². The fraction of sp³-hybridized carbons (Fsp3) is 0.357. The van der Waals surface area contributed by atoms with Gasteiger partial charge in [0.2, 0.25) is 0 Å². The number of ether oxygens (including phenoxy) is 1. The molecule has 1 aliphatic rings. The molecular weight excluding hydrogens is 319 g/mol. The Morgan fingerprint density at radius 3 is 2.40 bits per heavy atom. The van der Waals surface area contributed by atoms with Gasteiger partial charge in [-0.2, -0.15) is 0 Å². The Balaban J connectivity index is 1.99. The molecule has 0 aliphatic carbocycles. The van der Waals surface area contributed by atoms with E-state index in [1.165, 1.54) is 0 Å². The molecule has 0 bridgehead atoms. The maximum Gasteiger partial charge on any atom is 0.194 e. The number of hydrogen-bond donors (Lipinski definition) is 0. The van der Waals surface area contributed by atoms with Gasteiger partial charge in [-0.1, -0.05) is 41.7 Å². The minimum Gasteiger partial charge on any atom is -0.485 e. The van der Waals surface area contributed by atoms with Crippen LogP contribution in [0, 0.1) is 0 Å². The summed E-state index contributed by atoms with van der Waals surface area (Å²) in [4.78, 5) is 4.17. The van der Waals surface area contributed by atoms with E-state index >= 15 is 0 Å². The Bertz CT molecular complexity index is 508. The molecule has 0 saturated carbocycles. The summed E-state index contributed by atoms with van der Waals surface area (Å²) in [6, 6.07) is 3.25. The standard InChI is InChI=1S/C14H16Cl3N2O/c1-2-4-19(5-3-18-10-19)6-7-20-14-12(16)8-11(15)9-13(14)17/h3,5,8-10H,2,4,6-7H2,1H3/q+1. The van der Waals surface area contributed by atoms with Crippen LogP contribution in [0.1, 0.15) is 13.3 Å². The van der Waals surface area contributed by atoms with Gasteiger partial charge in [-0.15, -0.1) is 0 Å². The molecule has 3 nitrogen and oxygen atoms in total. The number of aliphatic imine (C=N–C) groups is 1. The molecule has 20 heavy (non-hydrogen) atoms. The first kappa shape index (κ1) is 15.6. The molecule has 1 atom stereocenters. The number of hydrogen-bond acceptors (Lipinski definition) is 2. The Morgan fingerprint density at radius 1 is 1.15 bits per heavy atom. The predicted molar refractivity (Wildman–Crippen MR) is 84.9 cm³/mol. The van der Waals surface area contributed by atoms with Crippen molar-refractivity contribution in [2.24, 2.45) is 4.99 Å². The van der Waals surface area contributed by atoms with Gasteiger partial charge >= 0.3 is 0 Å². The third-order valence-electron chi connectivity index (χ3n) is 3.10. The molecule has 6 heteroatoms. The van der Waals surface area contributed by atoms with Crippen LogP contribution < -0.4 is 4.74 Å². The summed E-state index contributed by atoms with van der Waals surface area (Å²) in [6.07, 6.45) is 6.88. The second-order valence-electron chi connectivity index (χ2n) is 4.66. The van der Waals surface area contributed by atoms with E-state index in [0.717, 1.165) is 19.5 Å². The van der Waals surface area contributed by atoms with Gasteiger partial charge in [0.05, 0.1) is 22.8 Å². The number of benzene rings is 1. The van der Waals surface area contributed by atoms with E-state index in [1.54, 1.807) is 12.1 Å². The Kier molecular flexibility index (Phi) is 5.33. The van der Waals surface area contributed by atoms with Crippen molar-refractivity contribution in [1.29, 1.82) is 0 Å². The van der Waals surface area contributed by atoms with E-state index < -0.39 is 0 Å². The lowest BCUT2D eigenvalue weighted by atomic mass is 10.3. The number of halogens is 3. The van der Waals surface area contributed by atoms with Crippen molar-refractivity contribution in [3.05, 3.63) is 39.6 Å². The van der Waals surface area contributed by atoms with Gasteiger partial charge in [0.25, 0.3) is 0 Å². The highest BCUT2D eigenvalue weighted by Gasteiger charge is 2.25. The van der Waals surface area contributed by atoms with Gasteiger partial charge in [-0.05, 0) is 18.6 Å². The molecule has 0 fully saturated rings. The molecule has 1 aromatic rings. The second-order valence-corrected chi connectivity index (χ2v) is 5.91. The van der Waals surface area contributed by atoms with Crippen molar-refractivity contribution >= 4 is 41.1 Å². The van der Waals surface area contributed by atoms with Crippen molar-refractivity contribution in [2.45, 2.75) is 13.3 Å². The minimum absolute atomic E-state index is 0.426. The average Bonchev–Trinajstić information content (AvgIpc) is 2.82. The third kappa shape index (κ3) is 3.67. The highest BCUT2D eigenvalue weighted by Crippen LogP contribution is 2.35. The smallest absolute Gasteiger partial charge is 0.194 e. The van der Waals surface area contributed by atoms with Crippen LogP contribution in [0.5, 0.6) is 5.75 Å².